The molecule has 0 radical (unpaired) electrons. The summed E-state index contributed by atoms with van der Waals surface area (Å²) in [5.74, 6) is 0.763. The van der Waals surface area contributed by atoms with Gasteiger partial charge in [-0.1, -0.05) is 42.5 Å². The van der Waals surface area contributed by atoms with Crippen molar-refractivity contribution in [2.75, 3.05) is 0 Å². The van der Waals surface area contributed by atoms with Crippen molar-refractivity contribution in [3.63, 3.8) is 0 Å². The van der Waals surface area contributed by atoms with Crippen LogP contribution in [0.5, 0.6) is 0 Å². The summed E-state index contributed by atoms with van der Waals surface area (Å²) in [6.45, 7) is 0. The van der Waals surface area contributed by atoms with Gasteiger partial charge in [-0.2, -0.15) is 0 Å². The number of hydrogen-bond donors (Lipinski definition) is 1. The van der Waals surface area contributed by atoms with Gasteiger partial charge in [0, 0.05) is 23.6 Å². The maximum absolute atomic E-state index is 12.2. The SMILES string of the molecule is O=C(Cc1ccccc1[N+](=O)[O-])N[C@@H]1[C@H]2Cc3ccccc3[C@H]21. The molecule has 0 bridgehead atoms. The number of nitrogens with zero attached hydrogens (tertiary/aromatic N) is 1. The van der Waals surface area contributed by atoms with Gasteiger partial charge in [0.1, 0.15) is 0 Å². The van der Waals surface area contributed by atoms with Gasteiger partial charge in [0.2, 0.25) is 5.91 Å². The number of hydrogen-bond acceptors (Lipinski definition) is 3. The Bertz CT molecular complexity index is 802. The van der Waals surface area contributed by atoms with E-state index in [2.05, 4.69) is 17.4 Å². The number of benzene rings is 2. The zero-order valence-corrected chi connectivity index (χ0v) is 12.4. The van der Waals surface area contributed by atoms with E-state index >= 15 is 0 Å². The number of rotatable bonds is 4. The number of amides is 1. The van der Waals surface area contributed by atoms with Crippen LogP contribution < -0.4 is 5.32 Å². The molecule has 116 valence electrons. The Kier molecular flexibility index (Phi) is 3.15. The van der Waals surface area contributed by atoms with E-state index in [1.54, 1.807) is 18.2 Å². The van der Waals surface area contributed by atoms with Crippen molar-refractivity contribution in [3.05, 3.63) is 75.3 Å². The summed E-state index contributed by atoms with van der Waals surface area (Å²) in [4.78, 5) is 22.8. The Morgan fingerprint density at radius 3 is 2.74 bits per heavy atom. The molecule has 5 heteroatoms. The third kappa shape index (κ3) is 2.38. The fourth-order valence-corrected chi connectivity index (χ4v) is 3.80. The Morgan fingerprint density at radius 2 is 1.91 bits per heavy atom. The number of nitro groups is 1. The van der Waals surface area contributed by atoms with Crippen molar-refractivity contribution >= 4 is 11.6 Å². The topological polar surface area (TPSA) is 72.2 Å². The monoisotopic (exact) mass is 308 g/mol. The molecule has 5 nitrogen and oxygen atoms in total. The molecule has 2 aromatic rings. The summed E-state index contributed by atoms with van der Waals surface area (Å²) in [6, 6.07) is 14.9. The van der Waals surface area contributed by atoms with Crippen LogP contribution in [0.2, 0.25) is 0 Å². The zero-order chi connectivity index (χ0) is 16.0. The third-order valence-electron chi connectivity index (χ3n) is 4.91. The lowest BCUT2D eigenvalue weighted by Gasteiger charge is -2.09. The quantitative estimate of drug-likeness (QED) is 0.697. The van der Waals surface area contributed by atoms with Gasteiger partial charge < -0.3 is 5.32 Å². The zero-order valence-electron chi connectivity index (χ0n) is 12.4. The molecule has 0 unspecified atom stereocenters. The molecule has 2 aliphatic carbocycles. The van der Waals surface area contributed by atoms with E-state index < -0.39 is 4.92 Å². The second-order valence-electron chi connectivity index (χ2n) is 6.25. The molecular formula is C18H16N2O3. The highest BCUT2D eigenvalue weighted by Crippen LogP contribution is 2.56. The fourth-order valence-electron chi connectivity index (χ4n) is 3.80. The number of carbonyl (C=O) groups is 1. The lowest BCUT2D eigenvalue weighted by molar-refractivity contribution is -0.385. The number of carbonyl (C=O) groups excluding carboxylic acids is 1. The van der Waals surface area contributed by atoms with E-state index in [9.17, 15) is 14.9 Å². The summed E-state index contributed by atoms with van der Waals surface area (Å²) in [7, 11) is 0. The van der Waals surface area contributed by atoms with E-state index in [4.69, 9.17) is 0 Å². The van der Waals surface area contributed by atoms with E-state index in [-0.39, 0.29) is 24.1 Å². The van der Waals surface area contributed by atoms with Crippen LogP contribution in [0.1, 0.15) is 22.6 Å². The molecule has 2 aliphatic rings. The highest BCUT2D eigenvalue weighted by atomic mass is 16.6. The first kappa shape index (κ1) is 13.9. The second-order valence-corrected chi connectivity index (χ2v) is 6.25. The smallest absolute Gasteiger partial charge is 0.273 e. The molecule has 2 aromatic carbocycles. The van der Waals surface area contributed by atoms with Crippen LogP contribution in [-0.4, -0.2) is 16.9 Å². The first-order valence-corrected chi connectivity index (χ1v) is 7.74. The van der Waals surface area contributed by atoms with Gasteiger partial charge in [-0.25, -0.2) is 0 Å². The lowest BCUT2D eigenvalue weighted by atomic mass is 10.0. The summed E-state index contributed by atoms with van der Waals surface area (Å²) >= 11 is 0. The highest BCUT2D eigenvalue weighted by Gasteiger charge is 2.56. The van der Waals surface area contributed by atoms with Crippen LogP contribution in [-0.2, 0) is 17.6 Å². The summed E-state index contributed by atoms with van der Waals surface area (Å²) in [5, 5.41) is 14.1. The van der Waals surface area contributed by atoms with E-state index in [0.29, 0.717) is 17.4 Å². The highest BCUT2D eigenvalue weighted by molar-refractivity contribution is 5.81. The Balaban J connectivity index is 1.43. The molecule has 23 heavy (non-hydrogen) atoms. The Morgan fingerprint density at radius 1 is 1.17 bits per heavy atom. The first-order valence-electron chi connectivity index (χ1n) is 7.74. The Hall–Kier alpha value is -2.69. The van der Waals surface area contributed by atoms with Crippen LogP contribution >= 0.6 is 0 Å². The van der Waals surface area contributed by atoms with Crippen LogP contribution in [0.3, 0.4) is 0 Å². The minimum Gasteiger partial charge on any atom is -0.352 e. The average molecular weight is 308 g/mol. The van der Waals surface area contributed by atoms with Gasteiger partial charge in [-0.3, -0.25) is 14.9 Å². The largest absolute Gasteiger partial charge is 0.352 e. The van der Waals surface area contributed by atoms with Gasteiger partial charge in [-0.15, -0.1) is 0 Å². The minimum atomic E-state index is -0.440. The van der Waals surface area contributed by atoms with Gasteiger partial charge in [0.05, 0.1) is 11.3 Å². The van der Waals surface area contributed by atoms with Crippen LogP contribution in [0.4, 0.5) is 5.69 Å². The van der Waals surface area contributed by atoms with Crippen molar-refractivity contribution in [2.24, 2.45) is 5.92 Å². The molecule has 4 rings (SSSR count). The first-order chi connectivity index (χ1) is 11.1. The molecule has 1 saturated carbocycles. The van der Waals surface area contributed by atoms with Crippen LogP contribution in [0.25, 0.3) is 0 Å². The van der Waals surface area contributed by atoms with Gasteiger partial charge in [0.25, 0.3) is 5.69 Å². The van der Waals surface area contributed by atoms with Gasteiger partial charge in [0.15, 0.2) is 0 Å². The van der Waals surface area contributed by atoms with Crippen molar-refractivity contribution in [1.82, 2.24) is 5.32 Å². The summed E-state index contributed by atoms with van der Waals surface area (Å²) in [6.07, 6.45) is 1.06. The van der Waals surface area contributed by atoms with Gasteiger partial charge in [-0.05, 0) is 23.5 Å². The van der Waals surface area contributed by atoms with E-state index in [0.717, 1.165) is 6.42 Å². The van der Waals surface area contributed by atoms with Crippen LogP contribution in [0.15, 0.2) is 48.5 Å². The number of nitrogens with one attached hydrogen (secondary N) is 1. The van der Waals surface area contributed by atoms with Gasteiger partial charge >= 0.3 is 0 Å². The standard InChI is InChI=1S/C18H16N2O3/c21-16(10-12-6-2-4-8-15(12)20(22)23)19-18-14-9-11-5-1-3-7-13(11)17(14)18/h1-8,14,17-18H,9-10H2,(H,19,21)/t14-,17+,18+/m0/s1. The predicted molar refractivity (Wildman–Crippen MR) is 85.1 cm³/mol. The molecule has 0 aliphatic heterocycles. The molecule has 0 aromatic heterocycles. The number of para-hydroxylation sites is 1. The Labute approximate surface area is 133 Å². The minimum absolute atomic E-state index is 0.00369. The average Bonchev–Trinajstić information content (AvgIpc) is 3.04. The van der Waals surface area contributed by atoms with E-state index in [1.165, 1.54) is 17.2 Å². The maximum atomic E-state index is 12.2. The van der Waals surface area contributed by atoms with Crippen molar-refractivity contribution < 1.29 is 9.72 Å². The van der Waals surface area contributed by atoms with Crippen LogP contribution in [0, 0.1) is 16.0 Å². The number of nitro benzene ring substituents is 1. The second kappa shape index (κ2) is 5.19. The summed E-state index contributed by atoms with van der Waals surface area (Å²) in [5.41, 5.74) is 3.19. The maximum Gasteiger partial charge on any atom is 0.273 e. The van der Waals surface area contributed by atoms with Crippen molar-refractivity contribution in [1.29, 1.82) is 0 Å². The molecule has 3 atom stereocenters. The normalized spacial score (nSPS) is 23.7. The van der Waals surface area contributed by atoms with Crippen molar-refractivity contribution in [3.8, 4) is 0 Å². The third-order valence-corrected chi connectivity index (χ3v) is 4.91. The molecule has 0 spiro atoms. The molecule has 0 saturated heterocycles. The number of fused-ring (bicyclic) bond motifs is 3. The fraction of sp³-hybridized carbons (Fsp3) is 0.278. The molecule has 1 fully saturated rings. The van der Waals surface area contributed by atoms with E-state index in [1.807, 2.05) is 12.1 Å². The molecular weight excluding hydrogens is 292 g/mol. The summed E-state index contributed by atoms with van der Waals surface area (Å²) < 4.78 is 0. The van der Waals surface area contributed by atoms with Crippen molar-refractivity contribution in [2.45, 2.75) is 24.8 Å². The molecule has 0 heterocycles. The predicted octanol–water partition coefficient (Wildman–Crippen LogP) is 2.59. The lowest BCUT2D eigenvalue weighted by Crippen LogP contribution is -2.30. The molecule has 1 amide bonds. The molecule has 1 N–H and O–H groups in total.